The number of nitrogens with zero attached hydrogens (tertiary/aromatic N) is 4. The number of carbonyl (C=O) groups excluding carboxylic acids is 1. The van der Waals surface area contributed by atoms with E-state index >= 15 is 0 Å². The number of fused-ring (bicyclic) bond motifs is 1. The fourth-order valence-corrected chi connectivity index (χ4v) is 3.50. The first-order valence-electron chi connectivity index (χ1n) is 8.19. The Morgan fingerprint density at radius 3 is 2.81 bits per heavy atom. The number of hydrogen-bond donors (Lipinski definition) is 0. The first kappa shape index (κ1) is 16.4. The maximum atomic E-state index is 13.2. The Bertz CT molecular complexity index is 1050. The van der Waals surface area contributed by atoms with Gasteiger partial charge in [-0.1, -0.05) is 41.9 Å². The van der Waals surface area contributed by atoms with Crippen molar-refractivity contribution >= 4 is 39.8 Å². The molecule has 1 saturated heterocycles. The van der Waals surface area contributed by atoms with E-state index < -0.39 is 6.04 Å². The number of amides is 2. The highest BCUT2D eigenvalue weighted by Crippen LogP contribution is 2.34. The molecule has 0 bridgehead atoms. The molecule has 1 fully saturated rings. The number of anilines is 2. The van der Waals surface area contributed by atoms with Crippen molar-refractivity contribution in [2.45, 2.75) is 13.0 Å². The van der Waals surface area contributed by atoms with E-state index in [9.17, 15) is 10.1 Å². The van der Waals surface area contributed by atoms with Gasteiger partial charge in [-0.05, 0) is 24.6 Å². The fraction of sp³-hybridized carbons (Fsp3) is 0.150. The number of halogens is 1. The number of rotatable bonds is 2. The van der Waals surface area contributed by atoms with Crippen LogP contribution in [-0.2, 0) is 0 Å². The minimum Gasteiger partial charge on any atom is -0.291 e. The Morgan fingerprint density at radius 2 is 2.00 bits per heavy atom. The average Bonchev–Trinajstić information content (AvgIpc) is 2.99. The molecule has 1 aliphatic heterocycles. The number of nitriles is 1. The molecule has 3 aromatic rings. The van der Waals surface area contributed by atoms with Crippen LogP contribution in [0.1, 0.15) is 5.56 Å². The van der Waals surface area contributed by atoms with Crippen molar-refractivity contribution in [2.75, 3.05) is 16.3 Å². The second kappa shape index (κ2) is 6.32. The van der Waals surface area contributed by atoms with Crippen LogP contribution in [-0.4, -0.2) is 23.6 Å². The van der Waals surface area contributed by atoms with Crippen molar-refractivity contribution in [2.24, 2.45) is 0 Å². The number of hydrogen-bond acceptors (Lipinski definition) is 3. The Morgan fingerprint density at radius 1 is 1.19 bits per heavy atom. The maximum absolute atomic E-state index is 13.2. The Balaban J connectivity index is 1.83. The lowest BCUT2D eigenvalue weighted by Gasteiger charge is -2.21. The molecule has 26 heavy (non-hydrogen) atoms. The highest BCUT2D eigenvalue weighted by Gasteiger charge is 2.40. The van der Waals surface area contributed by atoms with Crippen molar-refractivity contribution in [3.05, 3.63) is 65.4 Å². The molecule has 0 radical (unpaired) electrons. The van der Waals surface area contributed by atoms with E-state index in [4.69, 9.17) is 11.6 Å². The second-order valence-electron chi connectivity index (χ2n) is 6.22. The molecule has 5 nitrogen and oxygen atoms in total. The normalized spacial score (nSPS) is 17.0. The third kappa shape index (κ3) is 2.56. The monoisotopic (exact) mass is 362 g/mol. The fourth-order valence-electron chi connectivity index (χ4n) is 3.33. The molecule has 6 heteroatoms. The zero-order valence-corrected chi connectivity index (χ0v) is 14.8. The van der Waals surface area contributed by atoms with E-state index in [1.807, 2.05) is 37.3 Å². The second-order valence-corrected chi connectivity index (χ2v) is 6.66. The van der Waals surface area contributed by atoms with E-state index in [1.165, 1.54) is 4.90 Å². The molecule has 2 heterocycles. The lowest BCUT2D eigenvalue weighted by molar-refractivity contribution is 0.255. The molecule has 1 aliphatic rings. The van der Waals surface area contributed by atoms with Crippen LogP contribution in [0.3, 0.4) is 0 Å². The largest absolute Gasteiger partial charge is 0.330 e. The summed E-state index contributed by atoms with van der Waals surface area (Å²) in [5, 5.41) is 12.0. The van der Waals surface area contributed by atoms with Gasteiger partial charge in [-0.2, -0.15) is 5.26 Å². The van der Waals surface area contributed by atoms with Crippen LogP contribution in [0, 0.1) is 18.3 Å². The van der Waals surface area contributed by atoms with Crippen molar-refractivity contribution in [3.8, 4) is 6.07 Å². The quantitative estimate of drug-likeness (QED) is 0.672. The third-order valence-corrected chi connectivity index (χ3v) is 4.86. The summed E-state index contributed by atoms with van der Waals surface area (Å²) in [6.07, 6.45) is 3.39. The van der Waals surface area contributed by atoms with Gasteiger partial charge < -0.3 is 0 Å². The summed E-state index contributed by atoms with van der Waals surface area (Å²) in [7, 11) is 0. The minimum atomic E-state index is -0.603. The van der Waals surface area contributed by atoms with Crippen molar-refractivity contribution < 1.29 is 4.79 Å². The zero-order chi connectivity index (χ0) is 18.3. The number of carbonyl (C=O) groups is 1. The number of aryl methyl sites for hydroxylation is 1. The molecular formula is C20H15ClN4O. The molecule has 128 valence electrons. The van der Waals surface area contributed by atoms with Crippen molar-refractivity contribution in [1.82, 2.24) is 4.98 Å². The summed E-state index contributed by atoms with van der Waals surface area (Å²) >= 11 is 6.12. The predicted molar refractivity (Wildman–Crippen MR) is 103 cm³/mol. The van der Waals surface area contributed by atoms with E-state index in [0.29, 0.717) is 10.7 Å². The SMILES string of the molecule is Cc1ccc(Cl)cc1N1C[C@H](C#N)N(c2cncc3ccccc23)C1=O. The van der Waals surface area contributed by atoms with E-state index in [2.05, 4.69) is 11.1 Å². The maximum Gasteiger partial charge on any atom is 0.330 e. The first-order chi connectivity index (χ1) is 12.6. The molecule has 0 unspecified atom stereocenters. The topological polar surface area (TPSA) is 60.2 Å². The van der Waals surface area contributed by atoms with Gasteiger partial charge in [-0.25, -0.2) is 4.79 Å². The third-order valence-electron chi connectivity index (χ3n) is 4.62. The smallest absolute Gasteiger partial charge is 0.291 e. The Labute approximate surface area is 156 Å². The molecular weight excluding hydrogens is 348 g/mol. The van der Waals surface area contributed by atoms with E-state index in [0.717, 1.165) is 22.0 Å². The van der Waals surface area contributed by atoms with Gasteiger partial charge in [0.25, 0.3) is 0 Å². The van der Waals surface area contributed by atoms with Crippen LogP contribution in [0.4, 0.5) is 16.2 Å². The molecule has 0 N–H and O–H groups in total. The number of aromatic nitrogens is 1. The molecule has 1 atom stereocenters. The Kier molecular flexibility index (Phi) is 3.98. The van der Waals surface area contributed by atoms with Gasteiger partial charge in [0.1, 0.15) is 6.04 Å². The summed E-state index contributed by atoms with van der Waals surface area (Å²) in [4.78, 5) is 20.6. The highest BCUT2D eigenvalue weighted by atomic mass is 35.5. The lowest BCUT2D eigenvalue weighted by atomic mass is 10.1. The van der Waals surface area contributed by atoms with Gasteiger partial charge in [0.15, 0.2) is 0 Å². The van der Waals surface area contributed by atoms with Gasteiger partial charge >= 0.3 is 6.03 Å². The number of urea groups is 1. The standard InChI is InChI=1S/C20H15ClN4O/c1-13-6-7-15(21)8-18(13)24-12-16(9-22)25(20(24)26)19-11-23-10-14-4-2-3-5-17(14)19/h2-8,10-11,16H,12H2,1H3/t16-/m0/s1. The molecule has 4 rings (SSSR count). The van der Waals surface area contributed by atoms with Gasteiger partial charge in [0, 0.05) is 27.7 Å². The van der Waals surface area contributed by atoms with Crippen molar-refractivity contribution in [3.63, 3.8) is 0 Å². The number of pyridine rings is 1. The average molecular weight is 363 g/mol. The van der Waals surface area contributed by atoms with Gasteiger partial charge in [-0.15, -0.1) is 0 Å². The van der Waals surface area contributed by atoms with Crippen LogP contribution < -0.4 is 9.80 Å². The molecule has 0 aliphatic carbocycles. The van der Waals surface area contributed by atoms with Crippen LogP contribution >= 0.6 is 11.6 Å². The van der Waals surface area contributed by atoms with Crippen LogP contribution in [0.5, 0.6) is 0 Å². The van der Waals surface area contributed by atoms with Crippen LogP contribution in [0.2, 0.25) is 5.02 Å². The lowest BCUT2D eigenvalue weighted by Crippen LogP contribution is -2.34. The highest BCUT2D eigenvalue weighted by molar-refractivity contribution is 6.31. The van der Waals surface area contributed by atoms with Gasteiger partial charge in [0.2, 0.25) is 0 Å². The number of benzene rings is 2. The zero-order valence-electron chi connectivity index (χ0n) is 14.1. The summed E-state index contributed by atoms with van der Waals surface area (Å²) in [5.41, 5.74) is 2.29. The molecule has 2 aromatic carbocycles. The molecule has 0 saturated carbocycles. The summed E-state index contributed by atoms with van der Waals surface area (Å²) in [6.45, 7) is 2.20. The summed E-state index contributed by atoms with van der Waals surface area (Å²) < 4.78 is 0. The van der Waals surface area contributed by atoms with Crippen LogP contribution in [0.25, 0.3) is 10.8 Å². The van der Waals surface area contributed by atoms with Crippen molar-refractivity contribution in [1.29, 1.82) is 5.26 Å². The minimum absolute atomic E-state index is 0.250. The molecule has 1 aromatic heterocycles. The first-order valence-corrected chi connectivity index (χ1v) is 8.57. The van der Waals surface area contributed by atoms with Crippen LogP contribution in [0.15, 0.2) is 54.9 Å². The molecule has 2 amide bonds. The van der Waals surface area contributed by atoms with Gasteiger partial charge in [-0.3, -0.25) is 14.8 Å². The predicted octanol–water partition coefficient (Wildman–Crippen LogP) is 4.54. The summed E-state index contributed by atoms with van der Waals surface area (Å²) in [5.74, 6) is 0. The summed E-state index contributed by atoms with van der Waals surface area (Å²) in [6, 6.07) is 14.5. The molecule has 0 spiro atoms. The van der Waals surface area contributed by atoms with Gasteiger partial charge in [0.05, 0.1) is 24.5 Å². The Hall–Kier alpha value is -3.10. The van der Waals surface area contributed by atoms with E-state index in [1.54, 1.807) is 29.4 Å². The van der Waals surface area contributed by atoms with E-state index in [-0.39, 0.29) is 12.6 Å².